The Morgan fingerprint density at radius 3 is 2.50 bits per heavy atom. The molecule has 1 unspecified atom stereocenters. The smallest absolute Gasteiger partial charge is 0.320 e. The summed E-state index contributed by atoms with van der Waals surface area (Å²) in [4.78, 5) is 10.4. The maximum Gasteiger partial charge on any atom is 0.320 e. The minimum atomic E-state index is -0.959. The number of hydrogen-bond acceptors (Lipinski definition) is 2. The maximum absolute atomic E-state index is 10.4. The fraction of sp³-hybridized carbons (Fsp3) is 0.222. The summed E-state index contributed by atoms with van der Waals surface area (Å²) in [6.07, 6.45) is 0.385. The molecule has 0 saturated heterocycles. The Labute approximate surface area is 70.8 Å². The molecule has 64 valence electrons. The van der Waals surface area contributed by atoms with Gasteiger partial charge in [-0.05, 0) is 12.0 Å². The highest BCUT2D eigenvalue weighted by molar-refractivity contribution is 5.73. The molecule has 3 N–H and O–H groups in total. The molecule has 0 heterocycles. The Balaban J connectivity index is 2.58. The minimum Gasteiger partial charge on any atom is -0.480 e. The van der Waals surface area contributed by atoms with Crippen LogP contribution in [-0.4, -0.2) is 17.1 Å². The van der Waals surface area contributed by atoms with Crippen molar-refractivity contribution in [3.05, 3.63) is 35.9 Å². The molecule has 0 bridgehead atoms. The molecule has 3 heteroatoms. The van der Waals surface area contributed by atoms with Gasteiger partial charge in [-0.2, -0.15) is 0 Å². The van der Waals surface area contributed by atoms with E-state index in [1.54, 1.807) is 0 Å². The Morgan fingerprint density at radius 2 is 2.00 bits per heavy atom. The summed E-state index contributed by atoms with van der Waals surface area (Å²) in [6, 6.07) is 8.54. The van der Waals surface area contributed by atoms with Gasteiger partial charge in [-0.3, -0.25) is 4.79 Å². The second-order valence-corrected chi connectivity index (χ2v) is 2.63. The number of carboxylic acid groups (broad SMARTS) is 1. The first-order valence-electron chi connectivity index (χ1n) is 3.72. The summed E-state index contributed by atoms with van der Waals surface area (Å²) in [5.41, 5.74) is 6.30. The highest BCUT2D eigenvalue weighted by Crippen LogP contribution is 2.01. The van der Waals surface area contributed by atoms with Gasteiger partial charge in [0, 0.05) is 0 Å². The number of carboxylic acids is 1. The summed E-state index contributed by atoms with van der Waals surface area (Å²) in [5, 5.41) is 8.52. The zero-order valence-electron chi connectivity index (χ0n) is 6.60. The molecule has 1 aromatic carbocycles. The van der Waals surface area contributed by atoms with E-state index in [2.05, 4.69) is 0 Å². The van der Waals surface area contributed by atoms with Gasteiger partial charge >= 0.3 is 5.97 Å². The first-order chi connectivity index (χ1) is 5.70. The lowest BCUT2D eigenvalue weighted by molar-refractivity contribution is -0.138. The van der Waals surface area contributed by atoms with Crippen molar-refractivity contribution >= 4 is 5.97 Å². The van der Waals surface area contributed by atoms with E-state index in [0.717, 1.165) is 5.56 Å². The maximum atomic E-state index is 10.4. The number of carbonyl (C=O) groups is 1. The van der Waals surface area contributed by atoms with Crippen LogP contribution in [0.3, 0.4) is 0 Å². The van der Waals surface area contributed by atoms with Crippen LogP contribution in [-0.2, 0) is 11.2 Å². The van der Waals surface area contributed by atoms with Gasteiger partial charge < -0.3 is 10.8 Å². The molecule has 0 radical (unpaired) electrons. The van der Waals surface area contributed by atoms with Crippen LogP contribution in [0, 0.1) is 0 Å². The largest absolute Gasteiger partial charge is 0.480 e. The molecular formula is C9H11NO2. The van der Waals surface area contributed by atoms with Crippen molar-refractivity contribution in [3.8, 4) is 0 Å². The zero-order chi connectivity index (χ0) is 8.97. The summed E-state index contributed by atoms with van der Waals surface area (Å²) in [6.45, 7) is 0. The highest BCUT2D eigenvalue weighted by atomic mass is 16.4. The van der Waals surface area contributed by atoms with E-state index in [1.165, 1.54) is 0 Å². The van der Waals surface area contributed by atoms with Crippen LogP contribution in [0.15, 0.2) is 30.3 Å². The molecule has 0 aliphatic carbocycles. The second-order valence-electron chi connectivity index (χ2n) is 2.63. The molecule has 3 nitrogen and oxygen atoms in total. The van der Waals surface area contributed by atoms with Crippen molar-refractivity contribution in [1.29, 1.82) is 0 Å². The van der Waals surface area contributed by atoms with Gasteiger partial charge in [-0.25, -0.2) is 0 Å². The van der Waals surface area contributed by atoms with Crippen molar-refractivity contribution in [2.45, 2.75) is 12.5 Å². The molecule has 1 aromatic rings. The van der Waals surface area contributed by atoms with E-state index < -0.39 is 12.0 Å². The zero-order valence-corrected chi connectivity index (χ0v) is 6.60. The highest BCUT2D eigenvalue weighted by Gasteiger charge is 2.10. The molecule has 0 amide bonds. The summed E-state index contributed by atoms with van der Waals surface area (Å²) >= 11 is 0. The van der Waals surface area contributed by atoms with Crippen molar-refractivity contribution in [2.75, 3.05) is 0 Å². The van der Waals surface area contributed by atoms with E-state index in [4.69, 9.17) is 10.8 Å². The monoisotopic (exact) mass is 167 g/mol. The van der Waals surface area contributed by atoms with Crippen LogP contribution in [0.25, 0.3) is 0 Å². The lowest BCUT2D eigenvalue weighted by atomic mass is 10.3. The van der Waals surface area contributed by atoms with Gasteiger partial charge in [0.25, 0.3) is 0 Å². The summed E-state index contributed by atoms with van der Waals surface area (Å²) < 4.78 is 0. The molecule has 0 spiro atoms. The number of benzene rings is 1. The van der Waals surface area contributed by atoms with Crippen LogP contribution in [0.4, 0.5) is 0 Å². The van der Waals surface area contributed by atoms with E-state index in [9.17, 15) is 4.79 Å². The third-order valence-corrected chi connectivity index (χ3v) is 1.62. The van der Waals surface area contributed by atoms with Crippen molar-refractivity contribution in [1.82, 2.24) is 0 Å². The molecule has 0 fully saturated rings. The Morgan fingerprint density at radius 1 is 1.42 bits per heavy atom. The molecule has 0 aliphatic heterocycles. The predicted molar refractivity (Wildman–Crippen MR) is 45.8 cm³/mol. The first kappa shape index (κ1) is 8.74. The molecular weight excluding hydrogens is 156 g/mol. The SMILES string of the molecule is N[13CH]([13CH2]c1ccccc1)C(=O)O. The van der Waals surface area contributed by atoms with Crippen LogP contribution in [0.5, 0.6) is 0 Å². The van der Waals surface area contributed by atoms with Crippen LogP contribution >= 0.6 is 0 Å². The average molecular weight is 167 g/mol. The second kappa shape index (κ2) is 3.88. The molecule has 12 heavy (non-hydrogen) atoms. The van der Waals surface area contributed by atoms with E-state index in [-0.39, 0.29) is 0 Å². The minimum absolute atomic E-state index is 0.385. The Hall–Kier alpha value is -1.35. The lowest BCUT2D eigenvalue weighted by Gasteiger charge is -2.04. The number of aliphatic carboxylic acids is 1. The molecule has 1 rings (SSSR count). The van der Waals surface area contributed by atoms with Gasteiger partial charge in [0.1, 0.15) is 6.04 Å². The summed E-state index contributed by atoms with van der Waals surface area (Å²) in [5.74, 6) is -0.959. The van der Waals surface area contributed by atoms with Crippen LogP contribution < -0.4 is 5.73 Å². The third-order valence-electron chi connectivity index (χ3n) is 1.62. The quantitative estimate of drug-likeness (QED) is 0.649. The van der Waals surface area contributed by atoms with Crippen LogP contribution in [0.2, 0.25) is 0 Å². The number of rotatable bonds is 3. The molecule has 0 aromatic heterocycles. The van der Waals surface area contributed by atoms with Gasteiger partial charge in [0.2, 0.25) is 0 Å². The molecule has 0 aliphatic rings. The Kier molecular flexibility index (Phi) is 2.82. The van der Waals surface area contributed by atoms with E-state index in [0.29, 0.717) is 6.42 Å². The fourth-order valence-corrected chi connectivity index (χ4v) is 0.955. The van der Waals surface area contributed by atoms with E-state index >= 15 is 0 Å². The normalized spacial score (nSPS) is 12.4. The number of hydrogen-bond donors (Lipinski definition) is 2. The van der Waals surface area contributed by atoms with Gasteiger partial charge in [0.05, 0.1) is 0 Å². The average Bonchev–Trinajstić information content (AvgIpc) is 2.06. The van der Waals surface area contributed by atoms with Crippen molar-refractivity contribution < 1.29 is 9.90 Å². The van der Waals surface area contributed by atoms with Crippen LogP contribution in [0.1, 0.15) is 5.56 Å². The summed E-state index contributed by atoms with van der Waals surface area (Å²) in [7, 11) is 0. The van der Waals surface area contributed by atoms with Crippen molar-refractivity contribution in [3.63, 3.8) is 0 Å². The van der Waals surface area contributed by atoms with Gasteiger partial charge in [0.15, 0.2) is 0 Å². The lowest BCUT2D eigenvalue weighted by Crippen LogP contribution is -2.32. The standard InChI is InChI=1S/C9H11NO2/c10-8(9(11)12)6-7-4-2-1-3-5-7/h1-5,8H,6,10H2,(H,11,12)/i6+1,8+1. The van der Waals surface area contributed by atoms with Gasteiger partial charge in [-0.1, -0.05) is 30.3 Å². The van der Waals surface area contributed by atoms with Gasteiger partial charge in [-0.15, -0.1) is 0 Å². The van der Waals surface area contributed by atoms with E-state index in [1.807, 2.05) is 30.3 Å². The Bertz CT molecular complexity index is 258. The molecule has 1 atom stereocenters. The predicted octanol–water partition coefficient (Wildman–Crippen LogP) is 0.641. The molecule has 0 saturated carbocycles. The first-order valence-corrected chi connectivity index (χ1v) is 3.72. The number of nitrogens with two attached hydrogens (primary N) is 1. The third kappa shape index (κ3) is 2.36. The topological polar surface area (TPSA) is 63.3 Å². The fourth-order valence-electron chi connectivity index (χ4n) is 0.955. The van der Waals surface area contributed by atoms with Crippen molar-refractivity contribution in [2.24, 2.45) is 5.73 Å².